The molecule has 0 radical (unpaired) electrons. The van der Waals surface area contributed by atoms with E-state index in [9.17, 15) is 5.11 Å². The number of hydrogen-bond acceptors (Lipinski definition) is 4. The number of aliphatic hydroxyl groups excluding tert-OH is 1. The van der Waals surface area contributed by atoms with Crippen molar-refractivity contribution in [2.45, 2.75) is 44.1 Å². The summed E-state index contributed by atoms with van der Waals surface area (Å²) in [5.41, 5.74) is 1.11. The maximum atomic E-state index is 10.1. The molecule has 1 aromatic rings. The van der Waals surface area contributed by atoms with Crippen molar-refractivity contribution in [3.63, 3.8) is 0 Å². The van der Waals surface area contributed by atoms with Gasteiger partial charge in [-0.3, -0.25) is 4.99 Å². The van der Waals surface area contributed by atoms with Gasteiger partial charge in [-0.1, -0.05) is 30.3 Å². The van der Waals surface area contributed by atoms with Gasteiger partial charge < -0.3 is 20.5 Å². The Hall–Kier alpha value is -0.510. The third kappa shape index (κ3) is 8.92. The predicted octanol–water partition coefficient (Wildman–Crippen LogP) is 3.02. The number of aliphatic hydroxyl groups is 1. The number of nitrogens with one attached hydrogen (secondary N) is 2. The third-order valence-electron chi connectivity index (χ3n) is 4.14. The highest BCUT2D eigenvalue weighted by Crippen LogP contribution is 2.37. The summed E-state index contributed by atoms with van der Waals surface area (Å²) < 4.78 is 5.83. The van der Waals surface area contributed by atoms with Gasteiger partial charge in [0.25, 0.3) is 0 Å². The van der Waals surface area contributed by atoms with E-state index in [4.69, 9.17) is 4.74 Å². The van der Waals surface area contributed by atoms with Gasteiger partial charge in [0.15, 0.2) is 5.96 Å². The molecule has 3 N–H and O–H groups in total. The van der Waals surface area contributed by atoms with Crippen molar-refractivity contribution in [2.75, 3.05) is 32.0 Å². The Balaban J connectivity index is 0.00000338. The monoisotopic (exact) mass is 493 g/mol. The lowest BCUT2D eigenvalue weighted by atomic mass is 10.1. The van der Waals surface area contributed by atoms with Gasteiger partial charge >= 0.3 is 0 Å². The summed E-state index contributed by atoms with van der Waals surface area (Å²) >= 11 is 2.01. The van der Waals surface area contributed by atoms with Crippen molar-refractivity contribution in [1.29, 1.82) is 0 Å². The van der Waals surface area contributed by atoms with Crippen LogP contribution < -0.4 is 10.6 Å². The van der Waals surface area contributed by atoms with Crippen LogP contribution in [0.2, 0.25) is 0 Å². The predicted molar refractivity (Wildman–Crippen MR) is 122 cm³/mol. The van der Waals surface area contributed by atoms with Gasteiger partial charge in [0.1, 0.15) is 0 Å². The van der Waals surface area contributed by atoms with E-state index in [1.165, 1.54) is 18.6 Å². The minimum atomic E-state index is -0.566. The average molecular weight is 493 g/mol. The Labute approximate surface area is 178 Å². The molecule has 0 spiro atoms. The van der Waals surface area contributed by atoms with Gasteiger partial charge in [-0.15, -0.1) is 24.0 Å². The van der Waals surface area contributed by atoms with Crippen LogP contribution in [0.3, 0.4) is 0 Å². The van der Waals surface area contributed by atoms with Crippen LogP contribution in [0.5, 0.6) is 0 Å². The Bertz CT molecular complexity index is 525. The summed E-state index contributed by atoms with van der Waals surface area (Å²) in [7, 11) is 0. The molecule has 5 nitrogen and oxygen atoms in total. The van der Waals surface area contributed by atoms with Crippen LogP contribution in [-0.4, -0.2) is 53.9 Å². The van der Waals surface area contributed by atoms with E-state index < -0.39 is 6.10 Å². The summed E-state index contributed by atoms with van der Waals surface area (Å²) in [5.74, 6) is 1.99. The fourth-order valence-corrected chi connectivity index (χ4v) is 3.94. The molecule has 1 saturated heterocycles. The number of rotatable bonds is 9. The number of halogens is 1. The Morgan fingerprint density at radius 3 is 2.77 bits per heavy atom. The van der Waals surface area contributed by atoms with Gasteiger partial charge in [-0.2, -0.15) is 11.8 Å². The molecule has 1 aliphatic rings. The molecule has 1 aromatic carbocycles. The molecule has 1 fully saturated rings. The lowest BCUT2D eigenvalue weighted by Gasteiger charge is -2.21. The van der Waals surface area contributed by atoms with Crippen LogP contribution in [0.15, 0.2) is 35.3 Å². The maximum Gasteiger partial charge on any atom is 0.191 e. The van der Waals surface area contributed by atoms with E-state index >= 15 is 0 Å². The molecule has 2 unspecified atom stereocenters. The summed E-state index contributed by atoms with van der Waals surface area (Å²) in [6, 6.07) is 9.98. The largest absolute Gasteiger partial charge is 0.389 e. The van der Waals surface area contributed by atoms with Gasteiger partial charge in [0.2, 0.25) is 0 Å². The van der Waals surface area contributed by atoms with Crippen molar-refractivity contribution in [3.8, 4) is 0 Å². The molecule has 1 aliphatic heterocycles. The number of guanidine groups is 1. The summed E-state index contributed by atoms with van der Waals surface area (Å²) in [6.07, 6.45) is 1.93. The number of benzene rings is 1. The smallest absolute Gasteiger partial charge is 0.191 e. The molecular formula is C19H32IN3O2S. The number of hydrogen-bond donors (Lipinski definition) is 3. The molecule has 26 heavy (non-hydrogen) atoms. The van der Waals surface area contributed by atoms with Crippen LogP contribution in [0, 0.1) is 0 Å². The minimum absolute atomic E-state index is 0. The highest BCUT2D eigenvalue weighted by atomic mass is 127. The molecule has 0 bridgehead atoms. The molecule has 2 rings (SSSR count). The van der Waals surface area contributed by atoms with Gasteiger partial charge in [-0.05, 0) is 38.0 Å². The second-order valence-electron chi connectivity index (χ2n) is 6.63. The molecule has 0 amide bonds. The summed E-state index contributed by atoms with van der Waals surface area (Å²) in [4.78, 5) is 4.69. The van der Waals surface area contributed by atoms with Crippen molar-refractivity contribution in [3.05, 3.63) is 35.9 Å². The van der Waals surface area contributed by atoms with Crippen molar-refractivity contribution in [2.24, 2.45) is 4.99 Å². The Morgan fingerprint density at radius 2 is 2.12 bits per heavy atom. The normalized spacial score (nSPS) is 21.1. The first kappa shape index (κ1) is 23.5. The van der Waals surface area contributed by atoms with E-state index in [0.717, 1.165) is 24.6 Å². The maximum absolute atomic E-state index is 10.1. The Morgan fingerprint density at radius 1 is 1.35 bits per heavy atom. The van der Waals surface area contributed by atoms with E-state index in [1.54, 1.807) is 0 Å². The first-order valence-electron chi connectivity index (χ1n) is 9.07. The number of aliphatic imine (C=N–C) groups is 1. The van der Waals surface area contributed by atoms with Crippen LogP contribution in [0.1, 0.15) is 32.3 Å². The van der Waals surface area contributed by atoms with Crippen molar-refractivity contribution < 1.29 is 9.84 Å². The van der Waals surface area contributed by atoms with Crippen LogP contribution in [-0.2, 0) is 11.3 Å². The van der Waals surface area contributed by atoms with Crippen LogP contribution in [0.4, 0.5) is 0 Å². The molecule has 2 atom stereocenters. The Kier molecular flexibility index (Phi) is 11.6. The number of nitrogens with zero attached hydrogens (tertiary/aromatic N) is 1. The molecule has 0 aromatic heterocycles. The molecule has 0 saturated carbocycles. The van der Waals surface area contributed by atoms with E-state index in [1.807, 2.05) is 49.0 Å². The van der Waals surface area contributed by atoms with Gasteiger partial charge in [-0.25, -0.2) is 0 Å². The minimum Gasteiger partial charge on any atom is -0.389 e. The van der Waals surface area contributed by atoms with E-state index in [0.29, 0.717) is 19.8 Å². The first-order chi connectivity index (χ1) is 12.1. The molecule has 7 heteroatoms. The molecule has 1 heterocycles. The van der Waals surface area contributed by atoms with E-state index in [-0.39, 0.29) is 28.7 Å². The lowest BCUT2D eigenvalue weighted by molar-refractivity contribution is 0.0308. The SMILES string of the molecule is CCNC(=NCC1(C)CCCS1)NCC(O)COCc1ccccc1.I. The van der Waals surface area contributed by atoms with Gasteiger partial charge in [0, 0.05) is 17.8 Å². The van der Waals surface area contributed by atoms with E-state index in [2.05, 4.69) is 22.5 Å². The standard InChI is InChI=1S/C19H31N3O2S.HI/c1-3-20-18(22-15-19(2)10-7-11-25-19)21-12-17(23)14-24-13-16-8-5-4-6-9-16;/h4-6,8-9,17,23H,3,7,10-15H2,1-2H3,(H2,20,21,22);1H. The third-order valence-corrected chi connectivity index (χ3v) is 5.67. The molecule has 0 aliphatic carbocycles. The van der Waals surface area contributed by atoms with Crippen molar-refractivity contribution >= 4 is 41.7 Å². The quantitative estimate of drug-likeness (QED) is 0.281. The van der Waals surface area contributed by atoms with Crippen molar-refractivity contribution in [1.82, 2.24) is 10.6 Å². The second-order valence-corrected chi connectivity index (χ2v) is 8.32. The molecule has 148 valence electrons. The average Bonchev–Trinajstić information content (AvgIpc) is 3.05. The number of ether oxygens (including phenoxy) is 1. The fraction of sp³-hybridized carbons (Fsp3) is 0.632. The summed E-state index contributed by atoms with van der Waals surface area (Å²) in [5, 5.41) is 16.5. The summed E-state index contributed by atoms with van der Waals surface area (Å²) in [6.45, 7) is 7.16. The zero-order valence-corrected chi connectivity index (χ0v) is 18.9. The van der Waals surface area contributed by atoms with Crippen LogP contribution >= 0.6 is 35.7 Å². The second kappa shape index (κ2) is 12.8. The van der Waals surface area contributed by atoms with Gasteiger partial charge in [0.05, 0.1) is 25.9 Å². The zero-order valence-electron chi connectivity index (χ0n) is 15.7. The fourth-order valence-electron chi connectivity index (χ4n) is 2.71. The van der Waals surface area contributed by atoms with Crippen LogP contribution in [0.25, 0.3) is 0 Å². The topological polar surface area (TPSA) is 65.9 Å². The first-order valence-corrected chi connectivity index (χ1v) is 10.1. The zero-order chi connectivity index (χ0) is 18.0. The highest BCUT2D eigenvalue weighted by Gasteiger charge is 2.29. The number of thioether (sulfide) groups is 1. The highest BCUT2D eigenvalue weighted by molar-refractivity contribution is 14.0. The lowest BCUT2D eigenvalue weighted by Crippen LogP contribution is -2.43. The molecular weight excluding hydrogens is 461 g/mol.